The molecule has 1 heteroatoms. The summed E-state index contributed by atoms with van der Waals surface area (Å²) in [7, 11) is 0. The van der Waals surface area contributed by atoms with Crippen LogP contribution in [0.15, 0.2) is 24.0 Å². The summed E-state index contributed by atoms with van der Waals surface area (Å²) in [5.74, 6) is 0.661. The standard InChI is InChI=1S/C11H20O/c1-6-7-8-10(12)9(2)11(3,4)5/h6-9,12H,1-5H3/b7-6+,10-8+. The van der Waals surface area contributed by atoms with E-state index in [1.807, 2.05) is 26.0 Å². The molecule has 0 spiro atoms. The number of allylic oxidation sites excluding steroid dienone is 4. The molecule has 1 N–H and O–H groups in total. The smallest absolute Gasteiger partial charge is 0.0955 e. The van der Waals surface area contributed by atoms with Crippen molar-refractivity contribution in [2.45, 2.75) is 34.6 Å². The highest BCUT2D eigenvalue weighted by atomic mass is 16.3. The van der Waals surface area contributed by atoms with Gasteiger partial charge in [-0.2, -0.15) is 0 Å². The Morgan fingerprint density at radius 1 is 1.33 bits per heavy atom. The zero-order valence-corrected chi connectivity index (χ0v) is 8.76. The Labute approximate surface area is 75.8 Å². The van der Waals surface area contributed by atoms with Crippen LogP contribution in [0.4, 0.5) is 0 Å². The van der Waals surface area contributed by atoms with Crippen LogP contribution in [0.5, 0.6) is 0 Å². The summed E-state index contributed by atoms with van der Waals surface area (Å²) in [4.78, 5) is 0. The second-order valence-corrected chi connectivity index (χ2v) is 4.21. The van der Waals surface area contributed by atoms with Gasteiger partial charge in [0.15, 0.2) is 0 Å². The predicted octanol–water partition coefficient (Wildman–Crippen LogP) is 3.69. The highest BCUT2D eigenvalue weighted by Gasteiger charge is 2.22. The van der Waals surface area contributed by atoms with Crippen LogP contribution in [0.25, 0.3) is 0 Å². The quantitative estimate of drug-likeness (QED) is 0.492. The van der Waals surface area contributed by atoms with Crippen LogP contribution in [0.3, 0.4) is 0 Å². The van der Waals surface area contributed by atoms with Gasteiger partial charge in [-0.15, -0.1) is 0 Å². The lowest BCUT2D eigenvalue weighted by Crippen LogP contribution is -2.19. The van der Waals surface area contributed by atoms with Crippen LogP contribution < -0.4 is 0 Å². The highest BCUT2D eigenvalue weighted by Crippen LogP contribution is 2.29. The maximum absolute atomic E-state index is 9.59. The van der Waals surface area contributed by atoms with E-state index in [1.165, 1.54) is 0 Å². The van der Waals surface area contributed by atoms with Crippen LogP contribution >= 0.6 is 0 Å². The Bertz CT molecular complexity index is 182. The molecule has 1 nitrogen and oxygen atoms in total. The second-order valence-electron chi connectivity index (χ2n) is 4.21. The molecule has 0 saturated carbocycles. The third-order valence-electron chi connectivity index (χ3n) is 2.20. The highest BCUT2D eigenvalue weighted by molar-refractivity contribution is 5.09. The fourth-order valence-corrected chi connectivity index (χ4v) is 0.783. The van der Waals surface area contributed by atoms with Gasteiger partial charge in [0.1, 0.15) is 0 Å². The fraction of sp³-hybridized carbons (Fsp3) is 0.636. The monoisotopic (exact) mass is 168 g/mol. The third kappa shape index (κ3) is 3.61. The summed E-state index contributed by atoms with van der Waals surface area (Å²) in [5.41, 5.74) is 0.127. The molecule has 0 saturated heterocycles. The van der Waals surface area contributed by atoms with E-state index in [0.717, 1.165) is 0 Å². The van der Waals surface area contributed by atoms with Crippen LogP contribution in [-0.2, 0) is 0 Å². The molecule has 0 radical (unpaired) electrons. The van der Waals surface area contributed by atoms with Gasteiger partial charge in [0.05, 0.1) is 5.76 Å². The molecule has 0 rings (SSSR count). The van der Waals surface area contributed by atoms with Crippen molar-refractivity contribution >= 4 is 0 Å². The van der Waals surface area contributed by atoms with Crippen molar-refractivity contribution in [2.75, 3.05) is 0 Å². The Morgan fingerprint density at radius 2 is 1.83 bits per heavy atom. The van der Waals surface area contributed by atoms with Crippen molar-refractivity contribution in [3.05, 3.63) is 24.0 Å². The molecular weight excluding hydrogens is 148 g/mol. The van der Waals surface area contributed by atoms with Crippen LogP contribution in [-0.4, -0.2) is 5.11 Å². The van der Waals surface area contributed by atoms with Gasteiger partial charge < -0.3 is 5.11 Å². The Hall–Kier alpha value is -0.720. The molecule has 0 aromatic rings. The van der Waals surface area contributed by atoms with Gasteiger partial charge in [0.2, 0.25) is 0 Å². The maximum Gasteiger partial charge on any atom is 0.0955 e. The molecule has 1 unspecified atom stereocenters. The summed E-state index contributed by atoms with van der Waals surface area (Å²) in [6, 6.07) is 0. The molecule has 0 aromatic heterocycles. The zero-order chi connectivity index (χ0) is 9.78. The minimum Gasteiger partial charge on any atom is -0.512 e. The molecule has 0 bridgehead atoms. The summed E-state index contributed by atoms with van der Waals surface area (Å²) in [6.07, 6.45) is 5.53. The molecule has 0 aliphatic rings. The van der Waals surface area contributed by atoms with E-state index in [1.54, 1.807) is 6.08 Å². The van der Waals surface area contributed by atoms with Crippen LogP contribution in [0.2, 0.25) is 0 Å². The Morgan fingerprint density at radius 3 is 2.17 bits per heavy atom. The van der Waals surface area contributed by atoms with E-state index in [-0.39, 0.29) is 11.3 Å². The van der Waals surface area contributed by atoms with Gasteiger partial charge in [-0.25, -0.2) is 0 Å². The van der Waals surface area contributed by atoms with Crippen LogP contribution in [0.1, 0.15) is 34.6 Å². The Balaban J connectivity index is 4.39. The molecule has 0 amide bonds. The molecule has 12 heavy (non-hydrogen) atoms. The first kappa shape index (κ1) is 11.3. The SMILES string of the molecule is C/C=C/C=C(/O)C(C)C(C)(C)C. The van der Waals surface area contributed by atoms with Gasteiger partial charge >= 0.3 is 0 Å². The topological polar surface area (TPSA) is 20.2 Å². The average molecular weight is 168 g/mol. The number of aliphatic hydroxyl groups is 1. The van der Waals surface area contributed by atoms with Crippen molar-refractivity contribution in [2.24, 2.45) is 11.3 Å². The molecule has 70 valence electrons. The van der Waals surface area contributed by atoms with E-state index in [2.05, 4.69) is 20.8 Å². The van der Waals surface area contributed by atoms with Gasteiger partial charge in [-0.3, -0.25) is 0 Å². The normalized spacial score (nSPS) is 16.9. The third-order valence-corrected chi connectivity index (χ3v) is 2.20. The molecule has 0 aliphatic heterocycles. The van der Waals surface area contributed by atoms with Gasteiger partial charge in [-0.05, 0) is 18.4 Å². The summed E-state index contributed by atoms with van der Waals surface area (Å²) >= 11 is 0. The minimum atomic E-state index is 0.127. The summed E-state index contributed by atoms with van der Waals surface area (Å²) in [6.45, 7) is 10.3. The van der Waals surface area contributed by atoms with E-state index in [0.29, 0.717) is 5.76 Å². The molecule has 0 heterocycles. The first-order chi connectivity index (χ1) is 5.39. The fourth-order valence-electron chi connectivity index (χ4n) is 0.783. The average Bonchev–Trinajstić information content (AvgIpc) is 1.97. The lowest BCUT2D eigenvalue weighted by Gasteiger charge is -2.26. The lowest BCUT2D eigenvalue weighted by molar-refractivity contribution is 0.218. The zero-order valence-electron chi connectivity index (χ0n) is 8.76. The minimum absolute atomic E-state index is 0.127. The number of hydrogen-bond donors (Lipinski definition) is 1. The lowest BCUT2D eigenvalue weighted by atomic mass is 9.81. The largest absolute Gasteiger partial charge is 0.512 e. The van der Waals surface area contributed by atoms with Crippen molar-refractivity contribution in [3.8, 4) is 0 Å². The van der Waals surface area contributed by atoms with Gasteiger partial charge in [0.25, 0.3) is 0 Å². The van der Waals surface area contributed by atoms with Gasteiger partial charge in [0, 0.05) is 5.92 Å². The Kier molecular flexibility index (Phi) is 4.08. The second kappa shape index (κ2) is 4.34. The van der Waals surface area contributed by atoms with Crippen molar-refractivity contribution in [3.63, 3.8) is 0 Å². The first-order valence-electron chi connectivity index (χ1n) is 4.41. The van der Waals surface area contributed by atoms with Crippen molar-refractivity contribution in [1.29, 1.82) is 0 Å². The molecular formula is C11H20O. The number of rotatable bonds is 2. The first-order valence-corrected chi connectivity index (χ1v) is 4.41. The van der Waals surface area contributed by atoms with E-state index in [9.17, 15) is 5.11 Å². The van der Waals surface area contributed by atoms with E-state index >= 15 is 0 Å². The van der Waals surface area contributed by atoms with E-state index < -0.39 is 0 Å². The molecule has 0 aromatic carbocycles. The number of hydrogen-bond acceptors (Lipinski definition) is 1. The van der Waals surface area contributed by atoms with E-state index in [4.69, 9.17) is 0 Å². The van der Waals surface area contributed by atoms with Crippen molar-refractivity contribution < 1.29 is 5.11 Å². The maximum atomic E-state index is 9.59. The number of aliphatic hydroxyl groups excluding tert-OH is 1. The summed E-state index contributed by atoms with van der Waals surface area (Å²) < 4.78 is 0. The molecule has 1 atom stereocenters. The molecule has 0 aliphatic carbocycles. The van der Waals surface area contributed by atoms with Crippen molar-refractivity contribution in [1.82, 2.24) is 0 Å². The van der Waals surface area contributed by atoms with Gasteiger partial charge in [-0.1, -0.05) is 39.8 Å². The predicted molar refractivity (Wildman–Crippen MR) is 54.1 cm³/mol. The van der Waals surface area contributed by atoms with Crippen LogP contribution in [0, 0.1) is 11.3 Å². The molecule has 0 fully saturated rings. The summed E-state index contributed by atoms with van der Waals surface area (Å²) in [5, 5.41) is 9.59.